The van der Waals surface area contributed by atoms with Crippen LogP contribution >= 0.6 is 11.6 Å². The summed E-state index contributed by atoms with van der Waals surface area (Å²) in [5.41, 5.74) is 2.47. The molecule has 1 aromatic carbocycles. The minimum absolute atomic E-state index is 0.0153. The Morgan fingerprint density at radius 1 is 1.10 bits per heavy atom. The third-order valence-electron chi connectivity index (χ3n) is 5.29. The van der Waals surface area contributed by atoms with Crippen molar-refractivity contribution in [2.45, 2.75) is 52.8 Å². The Bertz CT molecular complexity index is 969. The van der Waals surface area contributed by atoms with E-state index in [-0.39, 0.29) is 17.7 Å². The minimum Gasteiger partial charge on any atom is -0.444 e. The van der Waals surface area contributed by atoms with Crippen LogP contribution in [-0.2, 0) is 11.3 Å². The molecule has 1 aliphatic heterocycles. The molecule has 2 aromatic rings. The van der Waals surface area contributed by atoms with Gasteiger partial charge in [-0.25, -0.2) is 4.79 Å². The number of nitrogens with zero attached hydrogens (tertiary/aromatic N) is 3. The maximum absolute atomic E-state index is 12.7. The summed E-state index contributed by atoms with van der Waals surface area (Å²) in [6.45, 7) is 13.1. The molecular weight excluding hydrogens is 414 g/mol. The summed E-state index contributed by atoms with van der Waals surface area (Å²) in [5.74, 6) is 0. The van der Waals surface area contributed by atoms with E-state index in [9.17, 15) is 9.59 Å². The van der Waals surface area contributed by atoms with Crippen molar-refractivity contribution < 1.29 is 9.53 Å². The smallest absolute Gasteiger partial charge is 0.410 e. The summed E-state index contributed by atoms with van der Waals surface area (Å²) >= 11 is 6.06. The molecule has 1 saturated heterocycles. The maximum atomic E-state index is 12.7. The van der Waals surface area contributed by atoms with Gasteiger partial charge in [0, 0.05) is 56.1 Å². The van der Waals surface area contributed by atoms with Gasteiger partial charge in [0.25, 0.3) is 5.56 Å². The van der Waals surface area contributed by atoms with Gasteiger partial charge >= 0.3 is 6.09 Å². The van der Waals surface area contributed by atoms with Gasteiger partial charge in [-0.15, -0.1) is 0 Å². The number of carbonyl (C=O) groups excluding carboxylic acids is 1. The summed E-state index contributed by atoms with van der Waals surface area (Å²) in [4.78, 5) is 29.1. The second kappa shape index (κ2) is 9.45. The van der Waals surface area contributed by atoms with Crippen LogP contribution in [0, 0.1) is 0 Å². The van der Waals surface area contributed by atoms with E-state index in [2.05, 4.69) is 4.90 Å². The number of amides is 1. The Hall–Kier alpha value is -2.31. The minimum atomic E-state index is -0.494. The highest BCUT2D eigenvalue weighted by atomic mass is 35.5. The molecule has 0 N–H and O–H groups in total. The third-order valence-corrected chi connectivity index (χ3v) is 5.54. The van der Waals surface area contributed by atoms with Crippen molar-refractivity contribution in [1.82, 2.24) is 14.4 Å². The molecule has 1 aliphatic rings. The number of ether oxygens (including phenoxy) is 1. The van der Waals surface area contributed by atoms with Crippen molar-refractivity contribution in [3.05, 3.63) is 57.5 Å². The van der Waals surface area contributed by atoms with Crippen molar-refractivity contribution in [3.63, 3.8) is 0 Å². The molecule has 1 fully saturated rings. The first-order valence-electron chi connectivity index (χ1n) is 10.7. The van der Waals surface area contributed by atoms with Crippen LogP contribution in [0.3, 0.4) is 0 Å². The van der Waals surface area contributed by atoms with Gasteiger partial charge in [0.2, 0.25) is 0 Å². The Morgan fingerprint density at radius 2 is 1.71 bits per heavy atom. The fourth-order valence-electron chi connectivity index (χ4n) is 3.68. The molecule has 1 amide bonds. The molecule has 31 heavy (non-hydrogen) atoms. The zero-order valence-corrected chi connectivity index (χ0v) is 19.8. The zero-order valence-electron chi connectivity index (χ0n) is 19.0. The summed E-state index contributed by atoms with van der Waals surface area (Å²) in [7, 11) is 0. The number of hydrogen-bond donors (Lipinski definition) is 0. The molecule has 7 heteroatoms. The summed E-state index contributed by atoms with van der Waals surface area (Å²) in [5, 5.41) is 0.666. The lowest BCUT2D eigenvalue weighted by atomic mass is 10.0. The Kier molecular flexibility index (Phi) is 7.12. The van der Waals surface area contributed by atoms with Crippen LogP contribution in [0.2, 0.25) is 5.02 Å². The zero-order chi connectivity index (χ0) is 22.8. The van der Waals surface area contributed by atoms with Crippen LogP contribution in [0.5, 0.6) is 0 Å². The fourth-order valence-corrected chi connectivity index (χ4v) is 3.80. The first-order chi connectivity index (χ1) is 14.5. The van der Waals surface area contributed by atoms with E-state index in [4.69, 9.17) is 16.3 Å². The fraction of sp³-hybridized carbons (Fsp3) is 0.500. The van der Waals surface area contributed by atoms with Gasteiger partial charge in [0.15, 0.2) is 0 Å². The van der Waals surface area contributed by atoms with Gasteiger partial charge < -0.3 is 14.2 Å². The van der Waals surface area contributed by atoms with Gasteiger partial charge in [0.1, 0.15) is 5.60 Å². The first kappa shape index (κ1) is 23.4. The van der Waals surface area contributed by atoms with Crippen molar-refractivity contribution in [1.29, 1.82) is 0 Å². The molecule has 0 unspecified atom stereocenters. The Balaban J connectivity index is 1.79. The van der Waals surface area contributed by atoms with Gasteiger partial charge in [0.05, 0.1) is 0 Å². The average molecular weight is 446 g/mol. The van der Waals surface area contributed by atoms with Crippen LogP contribution in [-0.4, -0.2) is 52.2 Å². The van der Waals surface area contributed by atoms with Crippen molar-refractivity contribution in [2.24, 2.45) is 0 Å². The number of benzene rings is 1. The number of piperazine rings is 1. The van der Waals surface area contributed by atoms with E-state index < -0.39 is 5.60 Å². The van der Waals surface area contributed by atoms with Crippen LogP contribution in [0.25, 0.3) is 11.1 Å². The van der Waals surface area contributed by atoms with Crippen LogP contribution < -0.4 is 5.56 Å². The van der Waals surface area contributed by atoms with E-state index >= 15 is 0 Å². The molecule has 0 radical (unpaired) electrons. The molecule has 3 rings (SSSR count). The molecular formula is C24H32ClN3O3. The van der Waals surface area contributed by atoms with Gasteiger partial charge in [-0.2, -0.15) is 0 Å². The Morgan fingerprint density at radius 3 is 2.26 bits per heavy atom. The number of rotatable bonds is 4. The summed E-state index contributed by atoms with van der Waals surface area (Å²) in [6.07, 6.45) is 1.71. The molecule has 6 nitrogen and oxygen atoms in total. The molecule has 0 atom stereocenters. The molecule has 0 saturated carbocycles. The van der Waals surface area contributed by atoms with Crippen molar-refractivity contribution >= 4 is 17.7 Å². The summed E-state index contributed by atoms with van der Waals surface area (Å²) in [6, 6.07) is 9.37. The lowest BCUT2D eigenvalue weighted by Gasteiger charge is -2.36. The maximum Gasteiger partial charge on any atom is 0.410 e. The van der Waals surface area contributed by atoms with Crippen LogP contribution in [0.1, 0.15) is 46.2 Å². The lowest BCUT2D eigenvalue weighted by molar-refractivity contribution is 0.0139. The third kappa shape index (κ3) is 6.11. The highest BCUT2D eigenvalue weighted by molar-refractivity contribution is 6.30. The lowest BCUT2D eigenvalue weighted by Crippen LogP contribution is -2.49. The predicted molar refractivity (Wildman–Crippen MR) is 125 cm³/mol. The average Bonchev–Trinajstić information content (AvgIpc) is 2.68. The second-order valence-electron chi connectivity index (χ2n) is 9.30. The van der Waals surface area contributed by atoms with Gasteiger partial charge in [-0.05, 0) is 63.4 Å². The Labute approximate surface area is 189 Å². The van der Waals surface area contributed by atoms with Crippen LogP contribution in [0.15, 0.2) is 41.3 Å². The molecule has 0 aliphatic carbocycles. The van der Waals surface area contributed by atoms with Crippen LogP contribution in [0.4, 0.5) is 4.79 Å². The second-order valence-corrected chi connectivity index (χ2v) is 9.74. The number of aromatic nitrogens is 1. The van der Waals surface area contributed by atoms with E-state index in [1.807, 2.05) is 65.1 Å². The van der Waals surface area contributed by atoms with Crippen molar-refractivity contribution in [2.75, 3.05) is 26.2 Å². The molecule has 0 bridgehead atoms. The van der Waals surface area contributed by atoms with Gasteiger partial charge in [-0.1, -0.05) is 23.7 Å². The molecule has 1 aromatic heterocycles. The highest BCUT2D eigenvalue weighted by Crippen LogP contribution is 2.26. The number of halogens is 1. The molecule has 0 spiro atoms. The van der Waals surface area contributed by atoms with E-state index in [0.29, 0.717) is 24.7 Å². The quantitative estimate of drug-likeness (QED) is 0.678. The van der Waals surface area contributed by atoms with E-state index in [0.717, 1.165) is 29.8 Å². The van der Waals surface area contributed by atoms with Crippen molar-refractivity contribution in [3.8, 4) is 11.1 Å². The normalized spacial score (nSPS) is 15.4. The molecule has 2 heterocycles. The standard InChI is InChI=1S/C24H32ClN3O3/c1-17(2)28-16-19(21(14-22(28)29)18-6-8-20(25)9-7-18)15-26-10-12-27(13-11-26)23(30)31-24(3,4)5/h6-9,14,16-17H,10-13,15H2,1-5H3. The van der Waals surface area contributed by atoms with E-state index in [1.165, 1.54) is 0 Å². The number of hydrogen-bond acceptors (Lipinski definition) is 4. The first-order valence-corrected chi connectivity index (χ1v) is 11.1. The topological polar surface area (TPSA) is 54.8 Å². The van der Waals surface area contributed by atoms with Gasteiger partial charge in [-0.3, -0.25) is 9.69 Å². The molecule has 168 valence electrons. The SMILES string of the molecule is CC(C)n1cc(CN2CCN(C(=O)OC(C)(C)C)CC2)c(-c2ccc(Cl)cc2)cc1=O. The largest absolute Gasteiger partial charge is 0.444 e. The number of pyridine rings is 1. The highest BCUT2D eigenvalue weighted by Gasteiger charge is 2.26. The monoisotopic (exact) mass is 445 g/mol. The predicted octanol–water partition coefficient (Wildman–Crippen LogP) is 4.80. The summed E-state index contributed by atoms with van der Waals surface area (Å²) < 4.78 is 7.26. The van der Waals surface area contributed by atoms with E-state index in [1.54, 1.807) is 15.5 Å². The number of carbonyl (C=O) groups is 1.